The van der Waals surface area contributed by atoms with E-state index in [1.165, 1.54) is 11.3 Å². The number of nitrogens with zero attached hydrogens (tertiary/aromatic N) is 2. The maximum Gasteiger partial charge on any atom is 0.257 e. The number of rotatable bonds is 3. The van der Waals surface area contributed by atoms with Gasteiger partial charge in [-0.15, -0.1) is 22.7 Å². The Balaban J connectivity index is 1.37. The number of nitrogens with one attached hydrogen (secondary N) is 1. The van der Waals surface area contributed by atoms with E-state index in [0.29, 0.717) is 22.2 Å². The maximum atomic E-state index is 12.4. The van der Waals surface area contributed by atoms with Crippen LogP contribution in [0.1, 0.15) is 10.4 Å². The van der Waals surface area contributed by atoms with Crippen molar-refractivity contribution in [3.05, 3.63) is 53.4 Å². The summed E-state index contributed by atoms with van der Waals surface area (Å²) in [4.78, 5) is 21.5. The van der Waals surface area contributed by atoms with Gasteiger partial charge in [-0.05, 0) is 30.3 Å². The highest BCUT2D eigenvalue weighted by molar-refractivity contribution is 7.22. The Morgan fingerprint density at radius 1 is 1.08 bits per heavy atom. The van der Waals surface area contributed by atoms with E-state index >= 15 is 0 Å². The van der Waals surface area contributed by atoms with Crippen LogP contribution in [0.2, 0.25) is 0 Å². The second kappa shape index (κ2) is 6.08. The van der Waals surface area contributed by atoms with Gasteiger partial charge < -0.3 is 9.47 Å². The molecule has 2 aromatic heterocycles. The zero-order chi connectivity index (χ0) is 17.5. The van der Waals surface area contributed by atoms with E-state index in [1.54, 1.807) is 29.5 Å². The summed E-state index contributed by atoms with van der Waals surface area (Å²) >= 11 is 2.95. The number of ether oxygens (including phenoxy) is 2. The number of aromatic nitrogens is 2. The Labute approximate surface area is 156 Å². The number of thiazole rings is 2. The summed E-state index contributed by atoms with van der Waals surface area (Å²) < 4.78 is 11.7. The zero-order valence-electron chi connectivity index (χ0n) is 13.3. The fourth-order valence-electron chi connectivity index (χ4n) is 2.62. The van der Waals surface area contributed by atoms with Crippen molar-refractivity contribution < 1.29 is 14.3 Å². The van der Waals surface area contributed by atoms with Crippen molar-refractivity contribution in [3.8, 4) is 22.2 Å². The van der Waals surface area contributed by atoms with Gasteiger partial charge in [0.2, 0.25) is 6.79 Å². The molecule has 4 aromatic rings. The van der Waals surface area contributed by atoms with Crippen molar-refractivity contribution in [2.45, 2.75) is 0 Å². The van der Waals surface area contributed by atoms with E-state index in [-0.39, 0.29) is 12.7 Å². The van der Waals surface area contributed by atoms with E-state index in [4.69, 9.17) is 9.47 Å². The lowest BCUT2D eigenvalue weighted by Crippen LogP contribution is -2.11. The van der Waals surface area contributed by atoms with Gasteiger partial charge in [0.1, 0.15) is 10.7 Å². The van der Waals surface area contributed by atoms with Gasteiger partial charge in [0.25, 0.3) is 5.91 Å². The first kappa shape index (κ1) is 15.3. The molecule has 2 aromatic carbocycles. The van der Waals surface area contributed by atoms with Crippen LogP contribution in [-0.4, -0.2) is 22.7 Å². The summed E-state index contributed by atoms with van der Waals surface area (Å²) in [6.45, 7) is 0.179. The molecule has 26 heavy (non-hydrogen) atoms. The first-order valence-electron chi connectivity index (χ1n) is 7.79. The minimum absolute atomic E-state index is 0.179. The van der Waals surface area contributed by atoms with Crippen LogP contribution in [0.25, 0.3) is 20.9 Å². The SMILES string of the molecule is O=C(Nc1nc(-c2nc3ccccc3s2)cs1)c1ccc2c(c1)OCO2. The molecule has 6 nitrogen and oxygen atoms in total. The molecule has 0 saturated heterocycles. The van der Waals surface area contributed by atoms with E-state index < -0.39 is 0 Å². The minimum Gasteiger partial charge on any atom is -0.454 e. The maximum absolute atomic E-state index is 12.4. The molecule has 0 fully saturated rings. The third-order valence-electron chi connectivity index (χ3n) is 3.87. The number of para-hydroxylation sites is 1. The number of anilines is 1. The molecule has 0 radical (unpaired) electrons. The molecule has 3 heterocycles. The molecular weight excluding hydrogens is 370 g/mol. The van der Waals surface area contributed by atoms with Gasteiger partial charge >= 0.3 is 0 Å². The number of fused-ring (bicyclic) bond motifs is 2. The summed E-state index contributed by atoms with van der Waals surface area (Å²) in [5, 5.41) is 6.09. The lowest BCUT2D eigenvalue weighted by Gasteiger charge is -2.02. The first-order chi connectivity index (χ1) is 12.8. The van der Waals surface area contributed by atoms with Crippen LogP contribution in [-0.2, 0) is 0 Å². The van der Waals surface area contributed by atoms with Crippen molar-refractivity contribution in [3.63, 3.8) is 0 Å². The lowest BCUT2D eigenvalue weighted by molar-refractivity contribution is 0.102. The molecule has 0 unspecified atom stereocenters. The van der Waals surface area contributed by atoms with Crippen molar-refractivity contribution in [2.24, 2.45) is 0 Å². The molecule has 0 saturated carbocycles. The largest absolute Gasteiger partial charge is 0.454 e. The number of carbonyl (C=O) groups is 1. The van der Waals surface area contributed by atoms with E-state index in [2.05, 4.69) is 15.3 Å². The van der Waals surface area contributed by atoms with Gasteiger partial charge in [0, 0.05) is 10.9 Å². The highest BCUT2D eigenvalue weighted by Gasteiger charge is 2.17. The van der Waals surface area contributed by atoms with Crippen LogP contribution >= 0.6 is 22.7 Å². The van der Waals surface area contributed by atoms with Gasteiger partial charge in [-0.25, -0.2) is 9.97 Å². The Bertz CT molecular complexity index is 1100. The number of carbonyl (C=O) groups excluding carboxylic acids is 1. The highest BCUT2D eigenvalue weighted by atomic mass is 32.1. The van der Waals surface area contributed by atoms with Gasteiger partial charge in [0.05, 0.1) is 10.2 Å². The average Bonchev–Trinajstić information content (AvgIpc) is 3.39. The van der Waals surface area contributed by atoms with Crippen LogP contribution < -0.4 is 14.8 Å². The first-order valence-corrected chi connectivity index (χ1v) is 9.48. The number of benzene rings is 2. The molecule has 0 spiro atoms. The Kier molecular flexibility index (Phi) is 3.58. The van der Waals surface area contributed by atoms with Crippen molar-refractivity contribution in [1.29, 1.82) is 0 Å². The van der Waals surface area contributed by atoms with Crippen LogP contribution in [0.4, 0.5) is 5.13 Å². The number of hydrogen-bond acceptors (Lipinski definition) is 7. The van der Waals surface area contributed by atoms with E-state index in [9.17, 15) is 4.79 Å². The molecule has 1 aliphatic heterocycles. The van der Waals surface area contributed by atoms with Crippen LogP contribution in [0.15, 0.2) is 47.8 Å². The molecule has 0 atom stereocenters. The Hall–Kier alpha value is -2.97. The smallest absolute Gasteiger partial charge is 0.257 e. The normalized spacial score (nSPS) is 12.5. The van der Waals surface area contributed by atoms with Crippen LogP contribution in [0.3, 0.4) is 0 Å². The second-order valence-corrected chi connectivity index (χ2v) is 7.44. The van der Waals surface area contributed by atoms with Crippen LogP contribution in [0, 0.1) is 0 Å². The fraction of sp³-hybridized carbons (Fsp3) is 0.0556. The Morgan fingerprint density at radius 2 is 1.96 bits per heavy atom. The summed E-state index contributed by atoms with van der Waals surface area (Å²) in [7, 11) is 0. The third kappa shape index (κ3) is 2.69. The number of amides is 1. The predicted octanol–water partition coefficient (Wildman–Crippen LogP) is 4.40. The van der Waals surface area contributed by atoms with Crippen molar-refractivity contribution >= 4 is 43.9 Å². The molecule has 1 amide bonds. The zero-order valence-corrected chi connectivity index (χ0v) is 14.9. The summed E-state index contributed by atoms with van der Waals surface area (Å²) in [5.74, 6) is 0.981. The molecule has 0 bridgehead atoms. The molecule has 1 N–H and O–H groups in total. The summed E-state index contributed by atoms with van der Waals surface area (Å²) in [6.07, 6.45) is 0. The monoisotopic (exact) mass is 381 g/mol. The lowest BCUT2D eigenvalue weighted by atomic mass is 10.2. The quantitative estimate of drug-likeness (QED) is 0.569. The molecular formula is C18H11N3O3S2. The van der Waals surface area contributed by atoms with Gasteiger partial charge in [-0.3, -0.25) is 10.1 Å². The fourth-order valence-corrected chi connectivity index (χ4v) is 4.31. The summed E-state index contributed by atoms with van der Waals surface area (Å²) in [5.41, 5.74) is 2.20. The standard InChI is InChI=1S/C18H11N3O3S2/c22-16(10-5-6-13-14(7-10)24-9-23-13)21-18-20-12(8-25-18)17-19-11-3-1-2-4-15(11)26-17/h1-8H,9H2,(H,20,21,22). The van der Waals surface area contributed by atoms with Gasteiger partial charge in [-0.1, -0.05) is 12.1 Å². The average molecular weight is 381 g/mol. The topological polar surface area (TPSA) is 73.3 Å². The van der Waals surface area contributed by atoms with E-state index in [1.807, 2.05) is 29.6 Å². The summed E-state index contributed by atoms with van der Waals surface area (Å²) in [6, 6.07) is 13.1. The van der Waals surface area contributed by atoms with E-state index in [0.717, 1.165) is 20.9 Å². The predicted molar refractivity (Wildman–Crippen MR) is 101 cm³/mol. The molecule has 128 valence electrons. The molecule has 1 aliphatic rings. The van der Waals surface area contributed by atoms with Gasteiger partial charge in [-0.2, -0.15) is 0 Å². The highest BCUT2D eigenvalue weighted by Crippen LogP contribution is 2.34. The Morgan fingerprint density at radius 3 is 2.88 bits per heavy atom. The molecule has 5 rings (SSSR count). The van der Waals surface area contributed by atoms with Crippen molar-refractivity contribution in [2.75, 3.05) is 12.1 Å². The van der Waals surface area contributed by atoms with Gasteiger partial charge in [0.15, 0.2) is 16.6 Å². The van der Waals surface area contributed by atoms with Crippen molar-refractivity contribution in [1.82, 2.24) is 9.97 Å². The third-order valence-corrected chi connectivity index (χ3v) is 5.69. The molecule has 8 heteroatoms. The number of hydrogen-bond donors (Lipinski definition) is 1. The molecule has 0 aliphatic carbocycles. The minimum atomic E-state index is -0.242. The van der Waals surface area contributed by atoms with Crippen LogP contribution in [0.5, 0.6) is 11.5 Å². The second-order valence-electron chi connectivity index (χ2n) is 5.55.